The average Bonchev–Trinajstić information content (AvgIpc) is 3.15. The molecule has 0 saturated carbocycles. The summed E-state index contributed by atoms with van der Waals surface area (Å²) in [7, 11) is 1.64. The first-order chi connectivity index (χ1) is 12.7. The van der Waals surface area contributed by atoms with E-state index in [0.29, 0.717) is 5.75 Å². The van der Waals surface area contributed by atoms with Gasteiger partial charge >= 0.3 is 0 Å². The lowest BCUT2D eigenvalue weighted by Gasteiger charge is -2.14. The molecule has 2 aromatic carbocycles. The number of aromatic nitrogens is 2. The Morgan fingerprint density at radius 1 is 1.19 bits per heavy atom. The third-order valence-corrected chi connectivity index (χ3v) is 4.93. The van der Waals surface area contributed by atoms with Crippen LogP contribution in [0.5, 0.6) is 5.75 Å². The Hall–Kier alpha value is -2.73. The summed E-state index contributed by atoms with van der Waals surface area (Å²) in [5.74, 6) is 1.10. The van der Waals surface area contributed by atoms with Crippen molar-refractivity contribution in [1.29, 1.82) is 0 Å². The van der Waals surface area contributed by atoms with Gasteiger partial charge in [-0.3, -0.25) is 9.36 Å². The summed E-state index contributed by atoms with van der Waals surface area (Å²) in [4.78, 5) is 16.6. The van der Waals surface area contributed by atoms with Gasteiger partial charge in [0.2, 0.25) is 5.91 Å². The van der Waals surface area contributed by atoms with Gasteiger partial charge in [0.15, 0.2) is 5.16 Å². The van der Waals surface area contributed by atoms with Crippen molar-refractivity contribution in [2.75, 3.05) is 12.9 Å². The number of imidazole rings is 1. The lowest BCUT2D eigenvalue weighted by atomic mass is 10.1. The normalized spacial score (nSPS) is 11.8. The minimum Gasteiger partial charge on any atom is -0.497 e. The zero-order valence-electron chi connectivity index (χ0n) is 14.8. The molecule has 1 atom stereocenters. The summed E-state index contributed by atoms with van der Waals surface area (Å²) in [6, 6.07) is 17.6. The topological polar surface area (TPSA) is 56.2 Å². The zero-order chi connectivity index (χ0) is 18.4. The first kappa shape index (κ1) is 18.1. The van der Waals surface area contributed by atoms with E-state index < -0.39 is 0 Å². The van der Waals surface area contributed by atoms with Crippen LogP contribution >= 0.6 is 11.8 Å². The van der Waals surface area contributed by atoms with Crippen LogP contribution in [0.1, 0.15) is 18.5 Å². The summed E-state index contributed by atoms with van der Waals surface area (Å²) in [5, 5.41) is 3.80. The Labute approximate surface area is 157 Å². The van der Waals surface area contributed by atoms with Crippen molar-refractivity contribution < 1.29 is 9.53 Å². The molecule has 0 aliphatic carbocycles. The molecular weight excluding hydrogens is 346 g/mol. The van der Waals surface area contributed by atoms with Crippen molar-refractivity contribution in [3.05, 3.63) is 72.6 Å². The molecule has 1 unspecified atom stereocenters. The quantitative estimate of drug-likeness (QED) is 0.645. The van der Waals surface area contributed by atoms with E-state index in [1.807, 2.05) is 72.3 Å². The molecule has 3 rings (SSSR count). The van der Waals surface area contributed by atoms with E-state index in [9.17, 15) is 4.79 Å². The highest BCUT2D eigenvalue weighted by Crippen LogP contribution is 2.22. The van der Waals surface area contributed by atoms with Gasteiger partial charge in [-0.2, -0.15) is 0 Å². The number of benzene rings is 2. The van der Waals surface area contributed by atoms with Crippen LogP contribution in [-0.4, -0.2) is 28.3 Å². The highest BCUT2D eigenvalue weighted by atomic mass is 32.2. The minimum atomic E-state index is -0.0226. The highest BCUT2D eigenvalue weighted by Gasteiger charge is 2.12. The van der Waals surface area contributed by atoms with E-state index in [4.69, 9.17) is 4.74 Å². The molecule has 134 valence electrons. The summed E-state index contributed by atoms with van der Waals surface area (Å²) in [6.07, 6.45) is 3.62. The van der Waals surface area contributed by atoms with Crippen LogP contribution in [0.3, 0.4) is 0 Å². The molecule has 0 saturated heterocycles. The van der Waals surface area contributed by atoms with Crippen molar-refractivity contribution in [2.45, 2.75) is 18.1 Å². The first-order valence-electron chi connectivity index (χ1n) is 8.32. The molecule has 6 heteroatoms. The van der Waals surface area contributed by atoms with Crippen LogP contribution < -0.4 is 10.1 Å². The maximum absolute atomic E-state index is 12.3. The molecule has 0 aliphatic rings. The fourth-order valence-corrected chi connectivity index (χ4v) is 3.36. The number of ether oxygens (including phenoxy) is 1. The monoisotopic (exact) mass is 367 g/mol. The molecule has 26 heavy (non-hydrogen) atoms. The predicted molar refractivity (Wildman–Crippen MR) is 104 cm³/mol. The Morgan fingerprint density at radius 3 is 2.62 bits per heavy atom. The van der Waals surface area contributed by atoms with E-state index in [1.165, 1.54) is 11.8 Å². The molecule has 1 heterocycles. The van der Waals surface area contributed by atoms with Crippen molar-refractivity contribution in [3.8, 4) is 11.4 Å². The molecule has 0 fully saturated rings. The number of carbonyl (C=O) groups is 1. The number of thioether (sulfide) groups is 1. The van der Waals surface area contributed by atoms with Gasteiger partial charge in [0, 0.05) is 18.1 Å². The van der Waals surface area contributed by atoms with Gasteiger partial charge in [0.05, 0.1) is 18.9 Å². The predicted octanol–water partition coefficient (Wildman–Crippen LogP) is 3.85. The molecule has 1 amide bonds. The molecule has 0 aliphatic heterocycles. The highest BCUT2D eigenvalue weighted by molar-refractivity contribution is 7.99. The van der Waals surface area contributed by atoms with Crippen LogP contribution in [0.2, 0.25) is 0 Å². The number of rotatable bonds is 7. The SMILES string of the molecule is COc1ccc(-n2ccnc2SCC(=O)NC(C)c2ccccc2)cc1. The van der Waals surface area contributed by atoms with Crippen LogP contribution in [0, 0.1) is 0 Å². The minimum absolute atomic E-state index is 0.0179. The maximum Gasteiger partial charge on any atom is 0.230 e. The lowest BCUT2D eigenvalue weighted by molar-refractivity contribution is -0.119. The fraction of sp³-hybridized carbons (Fsp3) is 0.200. The third-order valence-electron chi connectivity index (χ3n) is 3.97. The summed E-state index contributed by atoms with van der Waals surface area (Å²) in [5.41, 5.74) is 2.06. The molecule has 0 spiro atoms. The number of nitrogens with zero attached hydrogens (tertiary/aromatic N) is 2. The second-order valence-electron chi connectivity index (χ2n) is 5.77. The van der Waals surface area contributed by atoms with E-state index >= 15 is 0 Å². The number of amides is 1. The lowest BCUT2D eigenvalue weighted by Crippen LogP contribution is -2.28. The Kier molecular flexibility index (Phi) is 5.96. The standard InChI is InChI=1S/C20H21N3O2S/c1-15(16-6-4-3-5-7-16)22-19(24)14-26-20-21-12-13-23(20)17-8-10-18(25-2)11-9-17/h3-13,15H,14H2,1-2H3,(H,22,24). The molecule has 0 radical (unpaired) electrons. The summed E-state index contributed by atoms with van der Waals surface area (Å²) in [6.45, 7) is 1.98. The molecular formula is C20H21N3O2S. The molecule has 1 aromatic heterocycles. The zero-order valence-corrected chi connectivity index (χ0v) is 15.6. The van der Waals surface area contributed by atoms with Gasteiger partial charge in [-0.25, -0.2) is 4.98 Å². The van der Waals surface area contributed by atoms with Crippen molar-refractivity contribution in [3.63, 3.8) is 0 Å². The maximum atomic E-state index is 12.3. The van der Waals surface area contributed by atoms with E-state index in [1.54, 1.807) is 13.3 Å². The Balaban J connectivity index is 1.60. The van der Waals surface area contributed by atoms with Gasteiger partial charge in [-0.1, -0.05) is 42.1 Å². The smallest absolute Gasteiger partial charge is 0.230 e. The van der Waals surface area contributed by atoms with Crippen LogP contribution in [0.4, 0.5) is 0 Å². The molecule has 0 bridgehead atoms. The van der Waals surface area contributed by atoms with Gasteiger partial charge in [-0.05, 0) is 36.8 Å². The molecule has 1 N–H and O–H groups in total. The largest absolute Gasteiger partial charge is 0.497 e. The van der Waals surface area contributed by atoms with Crippen LogP contribution in [0.25, 0.3) is 5.69 Å². The fourth-order valence-electron chi connectivity index (χ4n) is 2.57. The van der Waals surface area contributed by atoms with Gasteiger partial charge in [0.25, 0.3) is 0 Å². The number of nitrogens with one attached hydrogen (secondary N) is 1. The molecule has 5 nitrogen and oxygen atoms in total. The van der Waals surface area contributed by atoms with Crippen LogP contribution in [-0.2, 0) is 4.79 Å². The second-order valence-corrected chi connectivity index (χ2v) is 6.71. The number of hydrogen-bond acceptors (Lipinski definition) is 4. The average molecular weight is 367 g/mol. The van der Waals surface area contributed by atoms with Crippen molar-refractivity contribution in [2.24, 2.45) is 0 Å². The van der Waals surface area contributed by atoms with Crippen molar-refractivity contribution >= 4 is 17.7 Å². The van der Waals surface area contributed by atoms with Gasteiger partial charge < -0.3 is 10.1 Å². The Morgan fingerprint density at radius 2 is 1.92 bits per heavy atom. The van der Waals surface area contributed by atoms with Gasteiger partial charge in [-0.15, -0.1) is 0 Å². The third kappa shape index (κ3) is 4.46. The number of carbonyl (C=O) groups excluding carboxylic acids is 1. The van der Waals surface area contributed by atoms with E-state index in [-0.39, 0.29) is 11.9 Å². The van der Waals surface area contributed by atoms with E-state index in [2.05, 4.69) is 10.3 Å². The Bertz CT molecular complexity index is 847. The van der Waals surface area contributed by atoms with Gasteiger partial charge in [0.1, 0.15) is 5.75 Å². The number of methoxy groups -OCH3 is 1. The van der Waals surface area contributed by atoms with Crippen LogP contribution in [0.15, 0.2) is 72.1 Å². The summed E-state index contributed by atoms with van der Waals surface area (Å²) < 4.78 is 7.14. The first-order valence-corrected chi connectivity index (χ1v) is 9.31. The second kappa shape index (κ2) is 8.58. The number of hydrogen-bond donors (Lipinski definition) is 1. The van der Waals surface area contributed by atoms with Crippen molar-refractivity contribution in [1.82, 2.24) is 14.9 Å². The van der Waals surface area contributed by atoms with E-state index in [0.717, 1.165) is 22.2 Å². The molecule has 3 aromatic rings. The summed E-state index contributed by atoms with van der Waals surface area (Å²) >= 11 is 1.41.